The highest BCUT2D eigenvalue weighted by atomic mass is 32.1. The Morgan fingerprint density at radius 1 is 0.434 bits per heavy atom. The highest BCUT2D eigenvalue weighted by Gasteiger charge is 2.29. The lowest BCUT2D eigenvalue weighted by Gasteiger charge is -2.34. The average molecular weight is 717 g/mol. The number of rotatable bonds is 7. The molecule has 53 heavy (non-hydrogen) atoms. The zero-order valence-electron chi connectivity index (χ0n) is 29.3. The van der Waals surface area contributed by atoms with Crippen molar-refractivity contribution in [3.63, 3.8) is 0 Å². The highest BCUT2D eigenvalue weighted by Crippen LogP contribution is 2.48. The van der Waals surface area contributed by atoms with Crippen molar-refractivity contribution in [1.29, 1.82) is 0 Å². The summed E-state index contributed by atoms with van der Waals surface area (Å²) in [6.45, 7) is 2.36. The van der Waals surface area contributed by atoms with E-state index in [1.807, 2.05) is 22.7 Å². The van der Waals surface area contributed by atoms with Crippen LogP contribution >= 0.6 is 22.7 Å². The van der Waals surface area contributed by atoms with Crippen LogP contribution in [0.4, 0.5) is 34.1 Å². The van der Waals surface area contributed by atoms with Crippen LogP contribution in [0.3, 0.4) is 0 Å². The number of para-hydroxylation sites is 3. The molecule has 0 spiro atoms. The molecule has 0 fully saturated rings. The van der Waals surface area contributed by atoms with E-state index in [1.54, 1.807) is 0 Å². The zero-order valence-corrected chi connectivity index (χ0v) is 30.9. The number of anilines is 6. The smallest absolute Gasteiger partial charge is 0.0502 e. The van der Waals surface area contributed by atoms with Crippen LogP contribution in [0.15, 0.2) is 188 Å². The third-order valence-corrected chi connectivity index (χ3v) is 12.9. The molecule has 0 aliphatic heterocycles. The molecule has 1 atom stereocenters. The SMILES string of the molecule is CC1(c2ccccc2N(c2ccc3c(c2)sc2ccc(N(c4ccccc4)c4ccccc4)cc23)c2ccc3sc4ccccc4c3c2)C=CC=CC1. The Hall–Kier alpha value is -5.94. The summed E-state index contributed by atoms with van der Waals surface area (Å²) in [7, 11) is 0. The van der Waals surface area contributed by atoms with Gasteiger partial charge < -0.3 is 9.80 Å². The number of thiophene rings is 2. The Labute approximate surface area is 317 Å². The van der Waals surface area contributed by atoms with E-state index in [0.29, 0.717) is 0 Å². The Bertz CT molecular complexity index is 2810. The van der Waals surface area contributed by atoms with Crippen molar-refractivity contribution in [2.45, 2.75) is 18.8 Å². The predicted octanol–water partition coefficient (Wildman–Crippen LogP) is 15.1. The fraction of sp³-hybridized carbons (Fsp3) is 0.0612. The van der Waals surface area contributed by atoms with Crippen LogP contribution in [0.2, 0.25) is 0 Å². The third kappa shape index (κ3) is 5.54. The molecule has 2 aromatic heterocycles. The van der Waals surface area contributed by atoms with Gasteiger partial charge in [0, 0.05) is 74.2 Å². The van der Waals surface area contributed by atoms with E-state index in [0.717, 1.165) is 34.9 Å². The lowest BCUT2D eigenvalue weighted by molar-refractivity contribution is 0.600. The lowest BCUT2D eigenvalue weighted by Crippen LogP contribution is -2.23. The van der Waals surface area contributed by atoms with Gasteiger partial charge in [0.25, 0.3) is 0 Å². The monoisotopic (exact) mass is 716 g/mol. The molecule has 2 heterocycles. The van der Waals surface area contributed by atoms with Gasteiger partial charge in [-0.1, -0.05) is 110 Å². The van der Waals surface area contributed by atoms with Crippen LogP contribution in [0.25, 0.3) is 40.3 Å². The first kappa shape index (κ1) is 31.8. The molecule has 1 unspecified atom stereocenters. The zero-order chi connectivity index (χ0) is 35.4. The Kier molecular flexibility index (Phi) is 7.75. The van der Waals surface area contributed by atoms with Gasteiger partial charge in [-0.2, -0.15) is 0 Å². The van der Waals surface area contributed by atoms with E-state index < -0.39 is 0 Å². The molecular formula is C49H36N2S2. The highest BCUT2D eigenvalue weighted by molar-refractivity contribution is 7.26. The van der Waals surface area contributed by atoms with Crippen molar-refractivity contribution in [2.24, 2.45) is 0 Å². The molecule has 0 amide bonds. The fourth-order valence-corrected chi connectivity index (χ4v) is 10.2. The van der Waals surface area contributed by atoms with E-state index >= 15 is 0 Å². The molecule has 254 valence electrons. The number of allylic oxidation sites excluding steroid dienone is 4. The van der Waals surface area contributed by atoms with Crippen molar-refractivity contribution in [1.82, 2.24) is 0 Å². The quantitative estimate of drug-likeness (QED) is 0.162. The van der Waals surface area contributed by atoms with Gasteiger partial charge in [0.2, 0.25) is 0 Å². The number of benzene rings is 7. The molecule has 7 aromatic carbocycles. The van der Waals surface area contributed by atoms with E-state index in [1.165, 1.54) is 51.6 Å². The Balaban J connectivity index is 1.15. The second-order valence-corrected chi connectivity index (χ2v) is 16.2. The first-order valence-corrected chi connectivity index (χ1v) is 19.8. The molecule has 0 N–H and O–H groups in total. The van der Waals surface area contributed by atoms with Crippen LogP contribution in [-0.4, -0.2) is 0 Å². The van der Waals surface area contributed by atoms with Gasteiger partial charge in [-0.15, -0.1) is 22.7 Å². The molecule has 1 aliphatic carbocycles. The topological polar surface area (TPSA) is 6.48 Å². The van der Waals surface area contributed by atoms with Crippen LogP contribution in [0, 0.1) is 0 Å². The van der Waals surface area contributed by atoms with Gasteiger partial charge in [-0.05, 0) is 96.9 Å². The van der Waals surface area contributed by atoms with Crippen molar-refractivity contribution < 1.29 is 0 Å². The van der Waals surface area contributed by atoms with Gasteiger partial charge in [-0.3, -0.25) is 0 Å². The number of hydrogen-bond acceptors (Lipinski definition) is 4. The Morgan fingerprint density at radius 2 is 0.981 bits per heavy atom. The maximum Gasteiger partial charge on any atom is 0.0502 e. The van der Waals surface area contributed by atoms with E-state index in [4.69, 9.17) is 0 Å². The summed E-state index contributed by atoms with van der Waals surface area (Å²) in [4.78, 5) is 4.83. The number of fused-ring (bicyclic) bond motifs is 6. The van der Waals surface area contributed by atoms with E-state index in [-0.39, 0.29) is 5.41 Å². The van der Waals surface area contributed by atoms with E-state index in [2.05, 4.69) is 205 Å². The normalized spacial score (nSPS) is 15.5. The molecule has 4 heteroatoms. The molecule has 9 aromatic rings. The number of hydrogen-bond donors (Lipinski definition) is 0. The number of nitrogens with zero attached hydrogens (tertiary/aromatic N) is 2. The van der Waals surface area contributed by atoms with Crippen LogP contribution < -0.4 is 9.80 Å². The minimum atomic E-state index is -0.121. The van der Waals surface area contributed by atoms with Crippen molar-refractivity contribution in [3.05, 3.63) is 194 Å². The molecule has 0 bridgehead atoms. The summed E-state index contributed by atoms with van der Waals surface area (Å²) in [5.41, 5.74) is 8.15. The molecule has 0 radical (unpaired) electrons. The van der Waals surface area contributed by atoms with Gasteiger partial charge in [0.05, 0.1) is 5.69 Å². The predicted molar refractivity (Wildman–Crippen MR) is 232 cm³/mol. The lowest BCUT2D eigenvalue weighted by atomic mass is 9.76. The summed E-state index contributed by atoms with van der Waals surface area (Å²) in [6, 6.07) is 60.0. The maximum absolute atomic E-state index is 2.49. The second kappa shape index (κ2) is 12.9. The van der Waals surface area contributed by atoms with Gasteiger partial charge in [-0.25, -0.2) is 0 Å². The maximum atomic E-state index is 2.49. The summed E-state index contributed by atoms with van der Waals surface area (Å²) in [6.07, 6.45) is 9.97. The average Bonchev–Trinajstić information content (AvgIpc) is 3.77. The molecule has 0 saturated heterocycles. The minimum absolute atomic E-state index is 0.121. The third-order valence-electron chi connectivity index (χ3n) is 10.6. The Morgan fingerprint density at radius 3 is 1.68 bits per heavy atom. The molecule has 2 nitrogen and oxygen atoms in total. The summed E-state index contributed by atoms with van der Waals surface area (Å²) in [5, 5.41) is 5.16. The van der Waals surface area contributed by atoms with Gasteiger partial charge in [0.15, 0.2) is 0 Å². The molecular weight excluding hydrogens is 681 g/mol. The summed E-state index contributed by atoms with van der Waals surface area (Å²) >= 11 is 3.74. The van der Waals surface area contributed by atoms with Crippen molar-refractivity contribution in [2.75, 3.05) is 9.80 Å². The summed E-state index contributed by atoms with van der Waals surface area (Å²) in [5.74, 6) is 0. The van der Waals surface area contributed by atoms with E-state index in [9.17, 15) is 0 Å². The van der Waals surface area contributed by atoms with Crippen molar-refractivity contribution in [3.8, 4) is 0 Å². The van der Waals surface area contributed by atoms with Gasteiger partial charge in [0.1, 0.15) is 0 Å². The molecule has 10 rings (SSSR count). The second-order valence-electron chi connectivity index (χ2n) is 14.0. The van der Waals surface area contributed by atoms with Crippen LogP contribution in [-0.2, 0) is 5.41 Å². The fourth-order valence-electron chi connectivity index (χ4n) is 7.99. The molecule has 0 saturated carbocycles. The van der Waals surface area contributed by atoms with Crippen LogP contribution in [0.5, 0.6) is 0 Å². The van der Waals surface area contributed by atoms with Crippen molar-refractivity contribution >= 4 is 97.1 Å². The first-order chi connectivity index (χ1) is 26.1. The largest absolute Gasteiger partial charge is 0.310 e. The first-order valence-electron chi connectivity index (χ1n) is 18.1. The minimum Gasteiger partial charge on any atom is -0.310 e. The summed E-state index contributed by atoms with van der Waals surface area (Å²) < 4.78 is 5.19. The van der Waals surface area contributed by atoms with Gasteiger partial charge >= 0.3 is 0 Å². The standard InChI is InChI=1S/C49H36N2S2/c1-49(29-13-4-14-30-49)43-20-10-11-21-44(43)51(37-25-28-46-41(32-37)39-19-9-12-22-45(39)52-46)38-23-26-40-42-31-36(24-27-47(42)53-48(40)33-38)50(34-15-5-2-6-16-34)35-17-7-3-8-18-35/h2-29,31-33H,30H2,1H3. The van der Waals surface area contributed by atoms with Crippen LogP contribution in [0.1, 0.15) is 18.9 Å². The molecule has 1 aliphatic rings.